The molecule has 1 N–H and O–H groups in total. The van der Waals surface area contributed by atoms with Crippen molar-refractivity contribution in [1.82, 2.24) is 15.1 Å². The number of nitrogens with one attached hydrogen (secondary N) is 1. The summed E-state index contributed by atoms with van der Waals surface area (Å²) < 4.78 is 2.06. The van der Waals surface area contributed by atoms with Crippen molar-refractivity contribution in [2.45, 2.75) is 51.6 Å². The summed E-state index contributed by atoms with van der Waals surface area (Å²) in [5, 5.41) is 8.00. The number of aromatic nitrogens is 2. The van der Waals surface area contributed by atoms with Gasteiger partial charge in [0, 0.05) is 18.3 Å². The van der Waals surface area contributed by atoms with Crippen molar-refractivity contribution < 1.29 is 0 Å². The zero-order chi connectivity index (χ0) is 11.5. The fraction of sp³-hybridized carbons (Fsp3) is 0.769. The van der Waals surface area contributed by atoms with E-state index in [0.717, 1.165) is 18.4 Å². The van der Waals surface area contributed by atoms with Gasteiger partial charge in [0.1, 0.15) is 0 Å². The average molecular weight is 221 g/mol. The molecule has 0 radical (unpaired) electrons. The Kier molecular flexibility index (Phi) is 3.64. The number of nitrogens with zero attached hydrogens (tertiary/aromatic N) is 2. The molecular formula is C13H23N3. The van der Waals surface area contributed by atoms with Crippen molar-refractivity contribution >= 4 is 0 Å². The Morgan fingerprint density at radius 1 is 1.50 bits per heavy atom. The molecule has 3 heteroatoms. The number of hydrogen-bond donors (Lipinski definition) is 1. The number of rotatable bonds is 4. The van der Waals surface area contributed by atoms with Gasteiger partial charge in [-0.2, -0.15) is 5.10 Å². The first-order valence-corrected chi connectivity index (χ1v) is 6.40. The second kappa shape index (κ2) is 5.00. The molecule has 2 rings (SSSR count). The Bertz CT molecular complexity index is 330. The van der Waals surface area contributed by atoms with Gasteiger partial charge in [-0.1, -0.05) is 0 Å². The smallest absolute Gasteiger partial charge is 0.0627 e. The average Bonchev–Trinajstić information content (AvgIpc) is 2.87. The van der Waals surface area contributed by atoms with Crippen LogP contribution in [-0.4, -0.2) is 22.9 Å². The van der Waals surface area contributed by atoms with Crippen molar-refractivity contribution in [3.05, 3.63) is 18.0 Å². The van der Waals surface area contributed by atoms with Crippen molar-refractivity contribution in [2.24, 2.45) is 5.92 Å². The lowest BCUT2D eigenvalue weighted by molar-refractivity contribution is 0.487. The summed E-state index contributed by atoms with van der Waals surface area (Å²) in [6.45, 7) is 4.34. The molecule has 2 unspecified atom stereocenters. The van der Waals surface area contributed by atoms with E-state index in [4.69, 9.17) is 0 Å². The molecule has 0 aromatic carbocycles. The summed E-state index contributed by atoms with van der Waals surface area (Å²) in [5.41, 5.74) is 1.26. The molecule has 2 atom stereocenters. The van der Waals surface area contributed by atoms with Crippen LogP contribution in [0.5, 0.6) is 0 Å². The van der Waals surface area contributed by atoms with Gasteiger partial charge in [-0.05, 0) is 58.6 Å². The fourth-order valence-electron chi connectivity index (χ4n) is 2.59. The molecule has 16 heavy (non-hydrogen) atoms. The van der Waals surface area contributed by atoms with Gasteiger partial charge in [0.25, 0.3) is 0 Å². The maximum atomic E-state index is 4.62. The van der Waals surface area contributed by atoms with Crippen molar-refractivity contribution in [3.8, 4) is 0 Å². The van der Waals surface area contributed by atoms with Crippen LogP contribution in [0.15, 0.2) is 12.3 Å². The standard InChI is InChI=1S/C13H23N3/c1-10(2)16-7-6-13(15-16)9-11-4-5-12(8-11)14-3/h6-7,10-12,14H,4-5,8-9H2,1-3H3. The van der Waals surface area contributed by atoms with Gasteiger partial charge in [0.05, 0.1) is 5.69 Å². The first-order valence-electron chi connectivity index (χ1n) is 6.40. The Balaban J connectivity index is 1.89. The summed E-state index contributed by atoms with van der Waals surface area (Å²) >= 11 is 0. The molecule has 0 saturated heterocycles. The summed E-state index contributed by atoms with van der Waals surface area (Å²) in [5.74, 6) is 0.827. The van der Waals surface area contributed by atoms with Crippen LogP contribution in [0.4, 0.5) is 0 Å². The zero-order valence-corrected chi connectivity index (χ0v) is 10.6. The Morgan fingerprint density at radius 2 is 2.31 bits per heavy atom. The zero-order valence-electron chi connectivity index (χ0n) is 10.6. The third-order valence-corrected chi connectivity index (χ3v) is 3.64. The molecule has 0 aliphatic heterocycles. The van der Waals surface area contributed by atoms with Gasteiger partial charge >= 0.3 is 0 Å². The van der Waals surface area contributed by atoms with Gasteiger partial charge in [0.2, 0.25) is 0 Å². The predicted octanol–water partition coefficient (Wildman–Crippen LogP) is 2.39. The highest BCUT2D eigenvalue weighted by Gasteiger charge is 2.24. The molecule has 1 saturated carbocycles. The lowest BCUT2D eigenvalue weighted by atomic mass is 10.0. The normalized spacial score (nSPS) is 25.5. The largest absolute Gasteiger partial charge is 0.317 e. The lowest BCUT2D eigenvalue weighted by Crippen LogP contribution is -2.21. The highest BCUT2D eigenvalue weighted by atomic mass is 15.3. The fourth-order valence-corrected chi connectivity index (χ4v) is 2.59. The molecule has 1 fully saturated rings. The molecule has 1 aromatic rings. The predicted molar refractivity (Wildman–Crippen MR) is 66.5 cm³/mol. The molecular weight excluding hydrogens is 198 g/mol. The SMILES string of the molecule is CNC1CCC(Cc2ccn(C(C)C)n2)C1. The Hall–Kier alpha value is -0.830. The molecule has 1 aliphatic carbocycles. The minimum absolute atomic E-state index is 0.474. The Morgan fingerprint density at radius 3 is 2.88 bits per heavy atom. The van der Waals surface area contributed by atoms with E-state index in [1.54, 1.807) is 0 Å². The van der Waals surface area contributed by atoms with Crippen LogP contribution in [0.25, 0.3) is 0 Å². The molecule has 1 heterocycles. The second-order valence-corrected chi connectivity index (χ2v) is 5.25. The van der Waals surface area contributed by atoms with E-state index >= 15 is 0 Å². The summed E-state index contributed by atoms with van der Waals surface area (Å²) in [6, 6.07) is 3.38. The second-order valence-electron chi connectivity index (χ2n) is 5.25. The summed E-state index contributed by atoms with van der Waals surface area (Å²) in [7, 11) is 2.07. The molecule has 3 nitrogen and oxygen atoms in total. The summed E-state index contributed by atoms with van der Waals surface area (Å²) in [4.78, 5) is 0. The van der Waals surface area contributed by atoms with Crippen molar-refractivity contribution in [2.75, 3.05) is 7.05 Å². The molecule has 0 amide bonds. The number of hydrogen-bond acceptors (Lipinski definition) is 2. The molecule has 1 aromatic heterocycles. The molecule has 1 aliphatic rings. The first-order chi connectivity index (χ1) is 7.69. The van der Waals surface area contributed by atoms with Crippen LogP contribution >= 0.6 is 0 Å². The van der Waals surface area contributed by atoms with E-state index < -0.39 is 0 Å². The molecule has 0 spiro atoms. The van der Waals surface area contributed by atoms with Gasteiger partial charge in [-0.25, -0.2) is 0 Å². The monoisotopic (exact) mass is 221 g/mol. The third-order valence-electron chi connectivity index (χ3n) is 3.64. The van der Waals surface area contributed by atoms with Crippen LogP contribution in [0.3, 0.4) is 0 Å². The van der Waals surface area contributed by atoms with Gasteiger partial charge in [-0.3, -0.25) is 4.68 Å². The highest BCUT2D eigenvalue weighted by molar-refractivity contribution is 5.02. The first kappa shape index (κ1) is 11.6. The van der Waals surface area contributed by atoms with Crippen molar-refractivity contribution in [1.29, 1.82) is 0 Å². The van der Waals surface area contributed by atoms with Crippen LogP contribution in [0.1, 0.15) is 44.8 Å². The highest BCUT2D eigenvalue weighted by Crippen LogP contribution is 2.28. The van der Waals surface area contributed by atoms with Gasteiger partial charge in [0.15, 0.2) is 0 Å². The van der Waals surface area contributed by atoms with E-state index in [1.807, 2.05) is 0 Å². The maximum absolute atomic E-state index is 4.62. The van der Waals surface area contributed by atoms with Crippen LogP contribution < -0.4 is 5.32 Å². The minimum Gasteiger partial charge on any atom is -0.317 e. The van der Waals surface area contributed by atoms with Crippen LogP contribution in [0, 0.1) is 5.92 Å². The minimum atomic E-state index is 0.474. The van der Waals surface area contributed by atoms with Gasteiger partial charge < -0.3 is 5.32 Å². The third kappa shape index (κ3) is 2.64. The quantitative estimate of drug-likeness (QED) is 0.846. The van der Waals surface area contributed by atoms with E-state index in [1.165, 1.54) is 25.0 Å². The lowest BCUT2D eigenvalue weighted by Gasteiger charge is -2.09. The van der Waals surface area contributed by atoms with Gasteiger partial charge in [-0.15, -0.1) is 0 Å². The van der Waals surface area contributed by atoms with Crippen LogP contribution in [0.2, 0.25) is 0 Å². The maximum Gasteiger partial charge on any atom is 0.0627 e. The van der Waals surface area contributed by atoms with E-state index in [0.29, 0.717) is 6.04 Å². The van der Waals surface area contributed by atoms with E-state index in [9.17, 15) is 0 Å². The topological polar surface area (TPSA) is 29.9 Å². The molecule has 90 valence electrons. The molecule has 0 bridgehead atoms. The van der Waals surface area contributed by atoms with E-state index in [2.05, 4.69) is 48.3 Å². The van der Waals surface area contributed by atoms with Crippen molar-refractivity contribution in [3.63, 3.8) is 0 Å². The Labute approximate surface area is 98.2 Å². The summed E-state index contributed by atoms with van der Waals surface area (Å²) in [6.07, 6.45) is 7.24. The van der Waals surface area contributed by atoms with Crippen LogP contribution in [-0.2, 0) is 6.42 Å². The van der Waals surface area contributed by atoms with E-state index in [-0.39, 0.29) is 0 Å².